The Balaban J connectivity index is 1.63. The molecule has 0 spiro atoms. The molecule has 3 rings (SSSR count). The Hall–Kier alpha value is -3.48. The third-order valence-electron chi connectivity index (χ3n) is 3.01. The summed E-state index contributed by atoms with van der Waals surface area (Å²) in [5, 5.41) is 3.69. The van der Waals surface area contributed by atoms with E-state index in [1.807, 2.05) is 30.3 Å². The van der Waals surface area contributed by atoms with Gasteiger partial charge in [-0.25, -0.2) is 0 Å². The summed E-state index contributed by atoms with van der Waals surface area (Å²) in [6, 6.07) is 14.0. The molecule has 7 nitrogen and oxygen atoms in total. The van der Waals surface area contributed by atoms with E-state index in [2.05, 4.69) is 21.0 Å². The molecule has 0 aliphatic rings. The predicted octanol–water partition coefficient (Wildman–Crippen LogP) is 1.81. The zero-order valence-corrected chi connectivity index (χ0v) is 11.9. The van der Waals surface area contributed by atoms with E-state index < -0.39 is 11.8 Å². The first kappa shape index (κ1) is 14.5. The number of nitrogens with zero attached hydrogens (tertiary/aromatic N) is 2. The lowest BCUT2D eigenvalue weighted by molar-refractivity contribution is 0.0841. The summed E-state index contributed by atoms with van der Waals surface area (Å²) in [4.78, 5) is 27.6. The zero-order chi connectivity index (χ0) is 16.1. The van der Waals surface area contributed by atoms with Gasteiger partial charge in [0.05, 0.1) is 5.56 Å². The zero-order valence-electron chi connectivity index (χ0n) is 11.9. The molecule has 114 valence electrons. The first-order valence-electron chi connectivity index (χ1n) is 6.77. The molecular formula is C16H12N4O3. The Kier molecular flexibility index (Phi) is 4.10. The van der Waals surface area contributed by atoms with Crippen LogP contribution >= 0.6 is 0 Å². The topological polar surface area (TPSA) is 97.1 Å². The summed E-state index contributed by atoms with van der Waals surface area (Å²) in [6.07, 6.45) is 2.95. The Morgan fingerprint density at radius 2 is 1.74 bits per heavy atom. The van der Waals surface area contributed by atoms with Crippen LogP contribution in [0.5, 0.6) is 0 Å². The number of benzene rings is 1. The maximum absolute atomic E-state index is 12.0. The highest BCUT2D eigenvalue weighted by Crippen LogP contribution is 2.19. The molecule has 0 aliphatic carbocycles. The van der Waals surface area contributed by atoms with E-state index in [0.29, 0.717) is 11.3 Å². The van der Waals surface area contributed by atoms with Gasteiger partial charge in [0, 0.05) is 24.0 Å². The van der Waals surface area contributed by atoms with Crippen molar-refractivity contribution in [2.45, 2.75) is 0 Å². The summed E-state index contributed by atoms with van der Waals surface area (Å²) in [5.41, 5.74) is 5.76. The lowest BCUT2D eigenvalue weighted by Crippen LogP contribution is -2.41. The molecule has 2 N–H and O–H groups in total. The predicted molar refractivity (Wildman–Crippen MR) is 81.1 cm³/mol. The number of nitrogens with one attached hydrogen (secondary N) is 2. The molecule has 0 bridgehead atoms. The van der Waals surface area contributed by atoms with Crippen LogP contribution in [-0.2, 0) is 0 Å². The van der Waals surface area contributed by atoms with Crippen molar-refractivity contribution in [3.63, 3.8) is 0 Å². The largest absolute Gasteiger partial charge is 0.355 e. The maximum atomic E-state index is 12.0. The number of amides is 2. The van der Waals surface area contributed by atoms with Crippen molar-refractivity contribution in [3.8, 4) is 11.3 Å². The van der Waals surface area contributed by atoms with Crippen molar-refractivity contribution >= 4 is 11.8 Å². The summed E-state index contributed by atoms with van der Waals surface area (Å²) >= 11 is 0. The van der Waals surface area contributed by atoms with Crippen LogP contribution in [0.25, 0.3) is 11.3 Å². The van der Waals surface area contributed by atoms with E-state index >= 15 is 0 Å². The van der Waals surface area contributed by atoms with Gasteiger partial charge in [0.25, 0.3) is 11.8 Å². The smallest absolute Gasteiger partial charge is 0.291 e. The van der Waals surface area contributed by atoms with E-state index in [9.17, 15) is 9.59 Å². The summed E-state index contributed by atoms with van der Waals surface area (Å²) in [5.74, 6) is -0.583. The molecule has 23 heavy (non-hydrogen) atoms. The van der Waals surface area contributed by atoms with Crippen LogP contribution in [0.1, 0.15) is 20.8 Å². The van der Waals surface area contributed by atoms with Gasteiger partial charge < -0.3 is 4.52 Å². The van der Waals surface area contributed by atoms with Gasteiger partial charge in [-0.15, -0.1) is 0 Å². The fraction of sp³-hybridized carbons (Fsp3) is 0. The maximum Gasteiger partial charge on any atom is 0.291 e. The number of hydrogen-bond donors (Lipinski definition) is 2. The van der Waals surface area contributed by atoms with Crippen LogP contribution in [-0.4, -0.2) is 22.0 Å². The number of hydrazine groups is 1. The minimum Gasteiger partial charge on any atom is -0.355 e. The SMILES string of the molecule is O=C(NNC(=O)c1cc(-c2ccccc2)on1)c1cccnc1. The molecule has 0 fully saturated rings. The number of rotatable bonds is 3. The lowest BCUT2D eigenvalue weighted by Gasteiger charge is -2.04. The second-order valence-electron chi connectivity index (χ2n) is 4.59. The molecule has 0 aliphatic heterocycles. The highest BCUT2D eigenvalue weighted by Gasteiger charge is 2.14. The normalized spacial score (nSPS) is 10.1. The van der Waals surface area contributed by atoms with Gasteiger partial charge in [-0.05, 0) is 12.1 Å². The van der Waals surface area contributed by atoms with Crippen LogP contribution in [0.15, 0.2) is 65.4 Å². The van der Waals surface area contributed by atoms with E-state index in [1.54, 1.807) is 18.3 Å². The van der Waals surface area contributed by atoms with Crippen molar-refractivity contribution in [2.75, 3.05) is 0 Å². The Bertz CT molecular complexity index is 816. The molecule has 2 amide bonds. The highest BCUT2D eigenvalue weighted by molar-refractivity contribution is 5.98. The molecule has 1 aromatic carbocycles. The van der Waals surface area contributed by atoms with Gasteiger partial charge in [-0.3, -0.25) is 25.4 Å². The van der Waals surface area contributed by atoms with Gasteiger partial charge in [-0.1, -0.05) is 35.5 Å². The Morgan fingerprint density at radius 1 is 0.957 bits per heavy atom. The number of carbonyl (C=O) groups is 2. The third kappa shape index (κ3) is 3.41. The van der Waals surface area contributed by atoms with Gasteiger partial charge in [0.15, 0.2) is 11.5 Å². The van der Waals surface area contributed by atoms with Crippen molar-refractivity contribution in [1.29, 1.82) is 0 Å². The van der Waals surface area contributed by atoms with E-state index in [4.69, 9.17) is 4.52 Å². The lowest BCUT2D eigenvalue weighted by atomic mass is 10.1. The van der Waals surface area contributed by atoms with Gasteiger partial charge >= 0.3 is 0 Å². The molecule has 0 atom stereocenters. The standard InChI is InChI=1S/C16H12N4O3/c21-15(12-7-4-8-17-10-12)18-19-16(22)13-9-14(23-20-13)11-5-2-1-3-6-11/h1-10H,(H,18,21)(H,19,22). The summed E-state index contributed by atoms with van der Waals surface area (Å²) in [7, 11) is 0. The minimum atomic E-state index is -0.576. The van der Waals surface area contributed by atoms with E-state index in [-0.39, 0.29) is 5.69 Å². The Morgan fingerprint density at radius 3 is 2.48 bits per heavy atom. The molecule has 0 saturated heterocycles. The molecule has 0 radical (unpaired) electrons. The first-order valence-corrected chi connectivity index (χ1v) is 6.77. The molecule has 3 aromatic rings. The van der Waals surface area contributed by atoms with E-state index in [0.717, 1.165) is 5.56 Å². The summed E-state index contributed by atoms with van der Waals surface area (Å²) < 4.78 is 5.13. The van der Waals surface area contributed by atoms with Crippen LogP contribution in [0.2, 0.25) is 0 Å². The quantitative estimate of drug-likeness (QED) is 0.719. The first-order chi connectivity index (χ1) is 11.2. The summed E-state index contributed by atoms with van der Waals surface area (Å²) in [6.45, 7) is 0. The Labute approximate surface area is 131 Å². The van der Waals surface area contributed by atoms with Crippen molar-refractivity contribution < 1.29 is 14.1 Å². The fourth-order valence-corrected chi connectivity index (χ4v) is 1.87. The number of carbonyl (C=O) groups excluding carboxylic acids is 2. The van der Waals surface area contributed by atoms with Gasteiger partial charge in [0.1, 0.15) is 0 Å². The number of aromatic nitrogens is 2. The second-order valence-corrected chi connectivity index (χ2v) is 4.59. The van der Waals surface area contributed by atoms with Gasteiger partial charge in [0.2, 0.25) is 0 Å². The molecule has 0 unspecified atom stereocenters. The highest BCUT2D eigenvalue weighted by atomic mass is 16.5. The van der Waals surface area contributed by atoms with Gasteiger partial charge in [-0.2, -0.15) is 0 Å². The van der Waals surface area contributed by atoms with Crippen molar-refractivity contribution in [2.24, 2.45) is 0 Å². The average Bonchev–Trinajstić information content (AvgIpc) is 3.11. The molecular weight excluding hydrogens is 296 g/mol. The van der Waals surface area contributed by atoms with E-state index in [1.165, 1.54) is 12.3 Å². The third-order valence-corrected chi connectivity index (χ3v) is 3.01. The second kappa shape index (κ2) is 6.52. The monoisotopic (exact) mass is 308 g/mol. The van der Waals surface area contributed by atoms with Crippen molar-refractivity contribution in [3.05, 3.63) is 72.2 Å². The number of hydrogen-bond acceptors (Lipinski definition) is 5. The van der Waals surface area contributed by atoms with Crippen LogP contribution in [0, 0.1) is 0 Å². The number of pyridine rings is 1. The molecule has 7 heteroatoms. The fourth-order valence-electron chi connectivity index (χ4n) is 1.87. The van der Waals surface area contributed by atoms with Crippen molar-refractivity contribution in [1.82, 2.24) is 21.0 Å². The molecule has 0 saturated carbocycles. The van der Waals surface area contributed by atoms with Crippen LogP contribution in [0.3, 0.4) is 0 Å². The minimum absolute atomic E-state index is 0.0651. The van der Waals surface area contributed by atoms with Crippen LogP contribution < -0.4 is 10.9 Å². The molecule has 2 heterocycles. The average molecular weight is 308 g/mol. The molecule has 2 aromatic heterocycles. The van der Waals surface area contributed by atoms with Crippen LogP contribution in [0.4, 0.5) is 0 Å².